The van der Waals surface area contributed by atoms with Crippen LogP contribution in [-0.4, -0.2) is 22.4 Å². The number of hydrogen-bond acceptors (Lipinski definition) is 4. The molecule has 5 heteroatoms. The number of hydrogen-bond donors (Lipinski definition) is 1. The molecule has 138 valence electrons. The van der Waals surface area contributed by atoms with Crippen molar-refractivity contribution in [2.45, 2.75) is 31.6 Å². The van der Waals surface area contributed by atoms with Crippen molar-refractivity contribution < 1.29 is 4.79 Å². The molecule has 2 heterocycles. The van der Waals surface area contributed by atoms with E-state index in [0.29, 0.717) is 24.8 Å². The molecule has 1 aliphatic carbocycles. The highest BCUT2D eigenvalue weighted by molar-refractivity contribution is 7.13. The second kappa shape index (κ2) is 8.44. The monoisotopic (exact) mass is 377 g/mol. The maximum atomic E-state index is 12.4. The average Bonchev–Trinajstić information content (AvgIpc) is 3.45. The Kier molecular flexibility index (Phi) is 5.58. The number of nitrogens with zero attached hydrogens (tertiary/aromatic N) is 2. The van der Waals surface area contributed by atoms with Crippen LogP contribution in [0, 0.1) is 5.92 Å². The predicted molar refractivity (Wildman–Crippen MR) is 109 cm³/mol. The number of nitrogens with one attached hydrogen (secondary N) is 1. The third-order valence-corrected chi connectivity index (χ3v) is 5.93. The summed E-state index contributed by atoms with van der Waals surface area (Å²) in [6.07, 6.45) is 7.39. The van der Waals surface area contributed by atoms with E-state index in [1.165, 1.54) is 18.4 Å². The van der Waals surface area contributed by atoms with Crippen molar-refractivity contribution >= 4 is 17.2 Å². The van der Waals surface area contributed by atoms with Gasteiger partial charge in [-0.15, -0.1) is 11.3 Å². The van der Waals surface area contributed by atoms with Gasteiger partial charge in [0.25, 0.3) is 0 Å². The second-order valence-corrected chi connectivity index (χ2v) is 7.90. The fourth-order valence-corrected chi connectivity index (χ4v) is 4.25. The molecule has 3 aromatic rings. The molecule has 1 N–H and O–H groups in total. The van der Waals surface area contributed by atoms with Gasteiger partial charge in [-0.2, -0.15) is 0 Å². The molecule has 2 aromatic heterocycles. The largest absolute Gasteiger partial charge is 0.356 e. The van der Waals surface area contributed by atoms with E-state index in [1.54, 1.807) is 17.5 Å². The van der Waals surface area contributed by atoms with Gasteiger partial charge in [-0.05, 0) is 42.4 Å². The Hall–Kier alpha value is -2.53. The topological polar surface area (TPSA) is 54.9 Å². The lowest BCUT2D eigenvalue weighted by Crippen LogP contribution is -2.27. The maximum absolute atomic E-state index is 12.4. The van der Waals surface area contributed by atoms with Crippen molar-refractivity contribution in [3.63, 3.8) is 0 Å². The van der Waals surface area contributed by atoms with E-state index in [2.05, 4.69) is 44.9 Å². The first kappa shape index (κ1) is 17.9. The second-order valence-electron chi connectivity index (χ2n) is 7.04. The predicted octanol–water partition coefficient (Wildman–Crippen LogP) is 4.45. The highest BCUT2D eigenvalue weighted by Crippen LogP contribution is 2.44. The van der Waals surface area contributed by atoms with E-state index < -0.39 is 0 Å². The van der Waals surface area contributed by atoms with Gasteiger partial charge in [0.1, 0.15) is 5.01 Å². The zero-order valence-electron chi connectivity index (χ0n) is 15.2. The smallest absolute Gasteiger partial charge is 0.220 e. The molecule has 0 aliphatic heterocycles. The van der Waals surface area contributed by atoms with Gasteiger partial charge in [0, 0.05) is 42.7 Å². The van der Waals surface area contributed by atoms with Gasteiger partial charge >= 0.3 is 0 Å². The van der Waals surface area contributed by atoms with Crippen LogP contribution in [0.1, 0.15) is 36.4 Å². The van der Waals surface area contributed by atoms with E-state index in [4.69, 9.17) is 0 Å². The van der Waals surface area contributed by atoms with Gasteiger partial charge in [0.05, 0.1) is 5.69 Å². The molecule has 4 nitrogen and oxygen atoms in total. The van der Waals surface area contributed by atoms with Crippen molar-refractivity contribution in [3.8, 4) is 10.6 Å². The lowest BCUT2D eigenvalue weighted by atomic mass is 9.91. The Morgan fingerprint density at radius 1 is 1.19 bits per heavy atom. The summed E-state index contributed by atoms with van der Waals surface area (Å²) in [5, 5.41) is 6.11. The van der Waals surface area contributed by atoms with E-state index in [9.17, 15) is 4.79 Å². The summed E-state index contributed by atoms with van der Waals surface area (Å²) >= 11 is 1.62. The molecule has 0 saturated heterocycles. The van der Waals surface area contributed by atoms with Crippen LogP contribution < -0.4 is 5.32 Å². The lowest BCUT2D eigenvalue weighted by Gasteiger charge is -2.16. The van der Waals surface area contributed by atoms with Gasteiger partial charge in [-0.3, -0.25) is 9.78 Å². The molecule has 1 amide bonds. The molecule has 1 unspecified atom stereocenters. The quantitative estimate of drug-likeness (QED) is 0.631. The Labute approximate surface area is 163 Å². The Balaban J connectivity index is 1.28. The van der Waals surface area contributed by atoms with Crippen LogP contribution >= 0.6 is 11.3 Å². The van der Waals surface area contributed by atoms with Gasteiger partial charge in [-0.25, -0.2) is 4.98 Å². The van der Waals surface area contributed by atoms with Crippen molar-refractivity contribution in [3.05, 3.63) is 71.5 Å². The van der Waals surface area contributed by atoms with Gasteiger partial charge in [-0.1, -0.05) is 30.3 Å². The molecule has 1 aromatic carbocycles. The molecule has 0 bridgehead atoms. The molecule has 4 rings (SSSR count). The van der Waals surface area contributed by atoms with E-state index in [0.717, 1.165) is 22.7 Å². The summed E-state index contributed by atoms with van der Waals surface area (Å²) in [7, 11) is 0. The van der Waals surface area contributed by atoms with Crippen LogP contribution in [0.2, 0.25) is 0 Å². The number of aromatic nitrogens is 2. The van der Waals surface area contributed by atoms with Crippen molar-refractivity contribution in [1.29, 1.82) is 0 Å². The summed E-state index contributed by atoms with van der Waals surface area (Å²) in [5.74, 6) is 1.15. The summed E-state index contributed by atoms with van der Waals surface area (Å²) in [5.41, 5.74) is 3.34. The minimum Gasteiger partial charge on any atom is -0.356 e. The third kappa shape index (κ3) is 4.80. The summed E-state index contributed by atoms with van der Waals surface area (Å²) in [6.45, 7) is 0.626. The molecule has 27 heavy (non-hydrogen) atoms. The number of carbonyl (C=O) groups is 1. The maximum Gasteiger partial charge on any atom is 0.220 e. The first-order valence-corrected chi connectivity index (χ1v) is 10.3. The van der Waals surface area contributed by atoms with Crippen LogP contribution in [0.3, 0.4) is 0 Å². The summed E-state index contributed by atoms with van der Waals surface area (Å²) in [4.78, 5) is 21.2. The molecule has 1 saturated carbocycles. The molecule has 1 aliphatic rings. The summed E-state index contributed by atoms with van der Waals surface area (Å²) < 4.78 is 0. The molecule has 0 radical (unpaired) electrons. The fraction of sp³-hybridized carbons (Fsp3) is 0.318. The Morgan fingerprint density at radius 3 is 2.78 bits per heavy atom. The number of carbonyl (C=O) groups excluding carboxylic acids is 1. The highest BCUT2D eigenvalue weighted by Gasteiger charge is 2.33. The van der Waals surface area contributed by atoms with Gasteiger partial charge in [0.2, 0.25) is 5.91 Å². The SMILES string of the molecule is O=C(CC(c1ccccc1)C1CC1)NCCc1csc(-c2cccnc2)n1. The number of benzene rings is 1. The van der Waals surface area contributed by atoms with Crippen molar-refractivity contribution in [2.75, 3.05) is 6.54 Å². The minimum absolute atomic E-state index is 0.137. The van der Waals surface area contributed by atoms with Crippen LogP contribution in [0.4, 0.5) is 0 Å². The molecule has 1 atom stereocenters. The van der Waals surface area contributed by atoms with Crippen LogP contribution in [0.15, 0.2) is 60.2 Å². The minimum atomic E-state index is 0.137. The third-order valence-electron chi connectivity index (χ3n) is 4.99. The average molecular weight is 378 g/mol. The van der Waals surface area contributed by atoms with E-state index in [-0.39, 0.29) is 5.91 Å². The molecular weight excluding hydrogens is 354 g/mol. The van der Waals surface area contributed by atoms with E-state index >= 15 is 0 Å². The Morgan fingerprint density at radius 2 is 2.04 bits per heavy atom. The normalized spacial score (nSPS) is 14.7. The Bertz CT molecular complexity index is 875. The van der Waals surface area contributed by atoms with Crippen molar-refractivity contribution in [1.82, 2.24) is 15.3 Å². The summed E-state index contributed by atoms with van der Waals surface area (Å²) in [6, 6.07) is 14.4. The number of amides is 1. The van der Waals surface area contributed by atoms with Crippen LogP contribution in [-0.2, 0) is 11.2 Å². The zero-order valence-corrected chi connectivity index (χ0v) is 16.0. The van der Waals surface area contributed by atoms with Crippen LogP contribution in [0.25, 0.3) is 10.6 Å². The van der Waals surface area contributed by atoms with Gasteiger partial charge < -0.3 is 5.32 Å². The molecule has 1 fully saturated rings. The number of rotatable bonds is 8. The standard InChI is InChI=1S/C22H23N3OS/c26-21(13-20(17-8-9-17)16-5-2-1-3-6-16)24-12-10-19-15-27-22(25-19)18-7-4-11-23-14-18/h1-7,11,14-15,17,20H,8-10,12-13H2,(H,24,26). The first-order valence-electron chi connectivity index (χ1n) is 9.46. The molecule has 0 spiro atoms. The lowest BCUT2D eigenvalue weighted by molar-refractivity contribution is -0.121. The first-order chi connectivity index (χ1) is 13.3. The van der Waals surface area contributed by atoms with Crippen LogP contribution in [0.5, 0.6) is 0 Å². The van der Waals surface area contributed by atoms with Gasteiger partial charge in [0.15, 0.2) is 0 Å². The zero-order chi connectivity index (χ0) is 18.5. The fourth-order valence-electron chi connectivity index (χ4n) is 3.40. The van der Waals surface area contributed by atoms with E-state index in [1.807, 2.05) is 24.4 Å². The number of pyridine rings is 1. The number of thiazole rings is 1. The highest BCUT2D eigenvalue weighted by atomic mass is 32.1. The molecular formula is C22H23N3OS. The van der Waals surface area contributed by atoms with Crippen molar-refractivity contribution in [2.24, 2.45) is 5.92 Å².